The van der Waals surface area contributed by atoms with Gasteiger partial charge in [0.05, 0.1) is 17.5 Å². The molecule has 0 bridgehead atoms. The largest absolute Gasteiger partial charge is 0.486 e. The average molecular weight is 440 g/mol. The summed E-state index contributed by atoms with van der Waals surface area (Å²) in [6, 6.07) is 17.4. The minimum Gasteiger partial charge on any atom is -0.486 e. The van der Waals surface area contributed by atoms with Gasteiger partial charge in [-0.05, 0) is 31.2 Å². The van der Waals surface area contributed by atoms with Crippen molar-refractivity contribution >= 4 is 17.0 Å². The van der Waals surface area contributed by atoms with Gasteiger partial charge in [-0.25, -0.2) is 10.1 Å². The molecule has 1 atom stereocenters. The Morgan fingerprint density at radius 2 is 1.91 bits per heavy atom. The number of rotatable bonds is 4. The van der Waals surface area contributed by atoms with Crippen molar-refractivity contribution in [1.82, 2.24) is 24.7 Å². The number of hydrogen-bond acceptors (Lipinski definition) is 7. The van der Waals surface area contributed by atoms with E-state index in [1.54, 1.807) is 6.20 Å². The fourth-order valence-electron chi connectivity index (χ4n) is 4.18. The summed E-state index contributed by atoms with van der Waals surface area (Å²) in [5.41, 5.74) is 3.17. The fourth-order valence-corrected chi connectivity index (χ4v) is 4.18. The molecule has 9 heteroatoms. The Bertz CT molecular complexity index is 1490. The number of benzene rings is 2. The maximum atomic E-state index is 12.4. The van der Waals surface area contributed by atoms with E-state index in [0.717, 1.165) is 22.9 Å². The molecule has 0 spiro atoms. The standard InChI is InChI=1S/C24H20N6O3/c1-14-20-21(28-29-23(20)31)17-12-26-24(27-22(17)30(14)15-7-3-2-4-8-15)25-11-16-13-32-18-9-5-6-10-19(18)33-16/h2-10,12,16H,11,13H2,1H3,(H,29,31)(H,25,26,27)/t16-/m0/s1. The van der Waals surface area contributed by atoms with Crippen molar-refractivity contribution in [3.63, 3.8) is 0 Å². The molecule has 33 heavy (non-hydrogen) atoms. The highest BCUT2D eigenvalue weighted by atomic mass is 16.6. The van der Waals surface area contributed by atoms with Gasteiger partial charge in [-0.15, -0.1) is 0 Å². The van der Waals surface area contributed by atoms with Crippen LogP contribution in [-0.4, -0.2) is 44.0 Å². The second kappa shape index (κ2) is 7.63. The Morgan fingerprint density at radius 1 is 1.12 bits per heavy atom. The normalized spacial score (nSPS) is 15.1. The van der Waals surface area contributed by atoms with E-state index in [0.29, 0.717) is 41.4 Å². The van der Waals surface area contributed by atoms with E-state index in [1.165, 1.54) is 0 Å². The van der Waals surface area contributed by atoms with E-state index in [-0.39, 0.29) is 11.7 Å². The van der Waals surface area contributed by atoms with Gasteiger partial charge in [-0.1, -0.05) is 30.3 Å². The molecule has 1 aromatic heterocycles. The SMILES string of the molecule is Cc1c2c(=O)[nH]nc-2c2cnc(NC[C@H]3COc4ccccc4O3)nc2n1-c1ccccc1. The lowest BCUT2D eigenvalue weighted by atomic mass is 10.1. The van der Waals surface area contributed by atoms with Gasteiger partial charge in [0, 0.05) is 17.6 Å². The highest BCUT2D eigenvalue weighted by Crippen LogP contribution is 2.32. The molecule has 6 rings (SSSR count). The van der Waals surface area contributed by atoms with Crippen molar-refractivity contribution < 1.29 is 9.47 Å². The Labute approximate surface area is 188 Å². The molecule has 3 aromatic rings. The van der Waals surface area contributed by atoms with Crippen LogP contribution in [0.4, 0.5) is 5.95 Å². The maximum Gasteiger partial charge on any atom is 0.275 e. The Balaban J connectivity index is 1.39. The maximum absolute atomic E-state index is 12.4. The average Bonchev–Trinajstić information content (AvgIpc) is 3.25. The van der Waals surface area contributed by atoms with Crippen LogP contribution in [0.15, 0.2) is 65.6 Å². The number of anilines is 1. The van der Waals surface area contributed by atoms with Crippen LogP contribution in [0.1, 0.15) is 5.69 Å². The second-order valence-corrected chi connectivity index (χ2v) is 7.84. The van der Waals surface area contributed by atoms with Gasteiger partial charge in [-0.3, -0.25) is 9.36 Å². The van der Waals surface area contributed by atoms with Crippen molar-refractivity contribution in [3.8, 4) is 28.4 Å². The van der Waals surface area contributed by atoms with Gasteiger partial charge in [0.25, 0.3) is 5.56 Å². The van der Waals surface area contributed by atoms with Crippen LogP contribution in [-0.2, 0) is 0 Å². The molecule has 3 aliphatic heterocycles. The number of nitrogens with one attached hydrogen (secondary N) is 2. The van der Waals surface area contributed by atoms with Crippen LogP contribution in [0.5, 0.6) is 11.5 Å². The van der Waals surface area contributed by atoms with Gasteiger partial charge in [0.1, 0.15) is 18.4 Å². The molecule has 2 N–H and O–H groups in total. The third-order valence-corrected chi connectivity index (χ3v) is 5.74. The van der Waals surface area contributed by atoms with E-state index >= 15 is 0 Å². The van der Waals surface area contributed by atoms with Gasteiger partial charge in [-0.2, -0.15) is 10.1 Å². The third kappa shape index (κ3) is 3.25. The monoisotopic (exact) mass is 440 g/mol. The molecule has 0 radical (unpaired) electrons. The summed E-state index contributed by atoms with van der Waals surface area (Å²) in [5, 5.41) is 10.7. The summed E-state index contributed by atoms with van der Waals surface area (Å²) >= 11 is 0. The first-order valence-electron chi connectivity index (χ1n) is 10.6. The van der Waals surface area contributed by atoms with Crippen LogP contribution in [0.3, 0.4) is 0 Å². The topological polar surface area (TPSA) is 107 Å². The number of aromatic amines is 1. The lowest BCUT2D eigenvalue weighted by Crippen LogP contribution is -2.35. The van der Waals surface area contributed by atoms with Crippen molar-refractivity contribution in [1.29, 1.82) is 0 Å². The minimum absolute atomic E-state index is 0.181. The lowest BCUT2D eigenvalue weighted by molar-refractivity contribution is 0.0996. The summed E-state index contributed by atoms with van der Waals surface area (Å²) in [4.78, 5) is 21.7. The Morgan fingerprint density at radius 3 is 2.76 bits per heavy atom. The Kier molecular flexibility index (Phi) is 4.46. The number of H-pyrrole nitrogens is 1. The molecular formula is C24H20N6O3. The van der Waals surface area contributed by atoms with Crippen LogP contribution >= 0.6 is 0 Å². The number of fused-ring (bicyclic) bond motifs is 4. The predicted molar refractivity (Wildman–Crippen MR) is 123 cm³/mol. The van der Waals surface area contributed by atoms with Crippen molar-refractivity contribution in [3.05, 3.63) is 76.8 Å². The number of hydrogen-bond donors (Lipinski definition) is 2. The summed E-state index contributed by atoms with van der Waals surface area (Å²) < 4.78 is 13.8. The van der Waals surface area contributed by atoms with Gasteiger partial charge in [0.15, 0.2) is 17.1 Å². The van der Waals surface area contributed by atoms with Crippen molar-refractivity contribution in [2.45, 2.75) is 13.0 Å². The highest BCUT2D eigenvalue weighted by Gasteiger charge is 2.24. The Hall–Kier alpha value is -4.40. The highest BCUT2D eigenvalue weighted by molar-refractivity contribution is 5.93. The van der Waals surface area contributed by atoms with Gasteiger partial charge < -0.3 is 14.8 Å². The first kappa shape index (κ1) is 19.3. The number of nitrogens with zero attached hydrogens (tertiary/aromatic N) is 4. The van der Waals surface area contributed by atoms with Crippen LogP contribution in [0, 0.1) is 6.92 Å². The van der Waals surface area contributed by atoms with Gasteiger partial charge in [0.2, 0.25) is 5.95 Å². The van der Waals surface area contributed by atoms with Crippen LogP contribution < -0.4 is 20.3 Å². The number of para-hydroxylation sites is 3. The van der Waals surface area contributed by atoms with E-state index in [4.69, 9.17) is 14.5 Å². The zero-order valence-electron chi connectivity index (χ0n) is 17.8. The molecule has 2 aromatic carbocycles. The summed E-state index contributed by atoms with van der Waals surface area (Å²) in [7, 11) is 0. The third-order valence-electron chi connectivity index (χ3n) is 5.74. The molecule has 0 saturated heterocycles. The zero-order chi connectivity index (χ0) is 22.4. The number of pyridine rings is 1. The molecule has 164 valence electrons. The van der Waals surface area contributed by atoms with E-state index in [9.17, 15) is 4.79 Å². The second-order valence-electron chi connectivity index (χ2n) is 7.84. The van der Waals surface area contributed by atoms with Crippen molar-refractivity contribution in [2.24, 2.45) is 0 Å². The molecule has 0 unspecified atom stereocenters. The smallest absolute Gasteiger partial charge is 0.275 e. The van der Waals surface area contributed by atoms with E-state index in [1.807, 2.05) is 66.1 Å². The number of aromatic nitrogens is 5. The summed E-state index contributed by atoms with van der Waals surface area (Å²) in [6.07, 6.45) is 1.51. The predicted octanol–water partition coefficient (Wildman–Crippen LogP) is 3.17. The molecule has 9 nitrogen and oxygen atoms in total. The molecule has 0 saturated carbocycles. The van der Waals surface area contributed by atoms with E-state index < -0.39 is 0 Å². The first-order valence-corrected chi connectivity index (χ1v) is 10.6. The quantitative estimate of drug-likeness (QED) is 0.442. The molecule has 0 aliphatic carbocycles. The van der Waals surface area contributed by atoms with Gasteiger partial charge >= 0.3 is 0 Å². The zero-order valence-corrected chi connectivity index (χ0v) is 17.8. The lowest BCUT2D eigenvalue weighted by Gasteiger charge is -2.26. The summed E-state index contributed by atoms with van der Waals surface area (Å²) in [6.45, 7) is 2.80. The van der Waals surface area contributed by atoms with Crippen LogP contribution in [0.2, 0.25) is 0 Å². The fraction of sp³-hybridized carbons (Fsp3) is 0.167. The van der Waals surface area contributed by atoms with Crippen molar-refractivity contribution in [2.75, 3.05) is 18.5 Å². The first-order chi connectivity index (χ1) is 16.2. The minimum atomic E-state index is -0.231. The number of ether oxygens (including phenoxy) is 2. The summed E-state index contributed by atoms with van der Waals surface area (Å²) in [5.74, 6) is 1.92. The van der Waals surface area contributed by atoms with Crippen LogP contribution in [0.25, 0.3) is 28.0 Å². The molecular weight excluding hydrogens is 420 g/mol. The molecule has 0 fully saturated rings. The molecule has 4 heterocycles. The molecule has 3 aliphatic rings. The molecule has 0 amide bonds. The van der Waals surface area contributed by atoms with E-state index in [2.05, 4.69) is 20.5 Å².